The third-order valence-electron chi connectivity index (χ3n) is 4.39. The Labute approximate surface area is 156 Å². The van der Waals surface area contributed by atoms with Crippen LogP contribution >= 0.6 is 0 Å². The molecule has 0 amide bonds. The Morgan fingerprint density at radius 3 is 2.68 bits per heavy atom. The molecule has 1 heterocycles. The Bertz CT molecular complexity index is 649. The number of aliphatic hydroxyl groups is 1. The van der Waals surface area contributed by atoms with Gasteiger partial charge in [-0.3, -0.25) is 4.68 Å². The van der Waals surface area contributed by atoms with Crippen LogP contribution in [-0.4, -0.2) is 19.9 Å². The van der Waals surface area contributed by atoms with Crippen LogP contribution in [0.15, 0.2) is 35.7 Å². The van der Waals surface area contributed by atoms with Gasteiger partial charge in [0.2, 0.25) is 0 Å². The third kappa shape index (κ3) is 3.36. The van der Waals surface area contributed by atoms with E-state index in [2.05, 4.69) is 10.1 Å². The van der Waals surface area contributed by atoms with Gasteiger partial charge in [-0.15, -0.1) is 0 Å². The number of hydrogen-bond acceptors (Lipinski definition) is 4. The van der Waals surface area contributed by atoms with Crippen molar-refractivity contribution in [1.82, 2.24) is 14.8 Å². The van der Waals surface area contributed by atoms with Gasteiger partial charge < -0.3 is 17.7 Å². The van der Waals surface area contributed by atoms with Crippen LogP contribution in [0.3, 0.4) is 0 Å². The van der Waals surface area contributed by atoms with Crippen LogP contribution in [-0.2, 0) is 24.8 Å². The van der Waals surface area contributed by atoms with E-state index in [-0.39, 0.29) is 42.0 Å². The van der Waals surface area contributed by atoms with Crippen molar-refractivity contribution < 1.29 is 39.1 Å². The van der Waals surface area contributed by atoms with Gasteiger partial charge in [-0.1, -0.05) is 25.1 Å². The predicted molar refractivity (Wildman–Crippen MR) is 77.8 cm³/mol. The average molecular weight is 329 g/mol. The molecule has 1 fully saturated rings. The summed E-state index contributed by atoms with van der Waals surface area (Å²) in [4.78, 5) is 3.90. The van der Waals surface area contributed by atoms with Crippen molar-refractivity contribution >= 4 is 12.6 Å². The van der Waals surface area contributed by atoms with Crippen LogP contribution in [0, 0.1) is 17.7 Å². The van der Waals surface area contributed by atoms with E-state index in [1.807, 2.05) is 6.92 Å². The first kappa shape index (κ1) is 17.8. The van der Waals surface area contributed by atoms with Crippen molar-refractivity contribution in [2.75, 3.05) is 0 Å². The van der Waals surface area contributed by atoms with E-state index >= 15 is 0 Å². The summed E-state index contributed by atoms with van der Waals surface area (Å²) >= 11 is 5.09. The number of hydrogen-bond donors (Lipinski definition) is 1. The molecule has 1 aliphatic rings. The van der Waals surface area contributed by atoms with E-state index in [0.717, 1.165) is 12.8 Å². The largest absolute Gasteiger partial charge is 1.00 e. The van der Waals surface area contributed by atoms with Crippen LogP contribution in [0.1, 0.15) is 25.3 Å². The summed E-state index contributed by atoms with van der Waals surface area (Å²) < 4.78 is 15.7. The Balaban J connectivity index is 0.00000176. The SMILES string of the molecule is CC(C1CC1)C(O)(Cn1ncnc1[S-])c1ccccc1F.[Na+]. The van der Waals surface area contributed by atoms with Crippen molar-refractivity contribution in [2.45, 2.75) is 37.1 Å². The minimum Gasteiger partial charge on any atom is -0.740 e. The van der Waals surface area contributed by atoms with Gasteiger partial charge in [-0.05, 0) is 30.7 Å². The topological polar surface area (TPSA) is 50.9 Å². The van der Waals surface area contributed by atoms with E-state index in [1.54, 1.807) is 18.2 Å². The Morgan fingerprint density at radius 1 is 1.45 bits per heavy atom. The van der Waals surface area contributed by atoms with Gasteiger partial charge >= 0.3 is 29.6 Å². The van der Waals surface area contributed by atoms with Crippen LogP contribution in [0.25, 0.3) is 0 Å². The zero-order chi connectivity index (χ0) is 15.0. The van der Waals surface area contributed by atoms with Gasteiger partial charge in [0.1, 0.15) is 17.7 Å². The molecule has 0 saturated heterocycles. The zero-order valence-electron chi connectivity index (χ0n) is 12.7. The van der Waals surface area contributed by atoms with Crippen molar-refractivity contribution in [3.8, 4) is 0 Å². The van der Waals surface area contributed by atoms with Gasteiger partial charge in [0.05, 0.1) is 6.54 Å². The molecule has 2 unspecified atom stereocenters. The second-order valence-electron chi connectivity index (χ2n) is 5.73. The second-order valence-corrected chi connectivity index (χ2v) is 6.10. The van der Waals surface area contributed by atoms with Crippen molar-refractivity contribution in [1.29, 1.82) is 0 Å². The second kappa shape index (κ2) is 6.93. The van der Waals surface area contributed by atoms with E-state index < -0.39 is 11.4 Å². The minimum atomic E-state index is -1.34. The average Bonchev–Trinajstić information content (AvgIpc) is 3.24. The summed E-state index contributed by atoms with van der Waals surface area (Å²) in [5.74, 6) is -0.0711. The number of rotatable bonds is 5. The summed E-state index contributed by atoms with van der Waals surface area (Å²) in [5, 5.41) is 15.6. The zero-order valence-corrected chi connectivity index (χ0v) is 15.6. The van der Waals surface area contributed by atoms with E-state index in [4.69, 9.17) is 12.6 Å². The standard InChI is InChI=1S/C15H18FN3OS.Na/c1-10(11-6-7-11)15(20,8-19-14(21)17-9-18-19)12-4-2-3-5-13(12)16;/h2-5,9-11,20H,6-8H2,1H3,(H,17,18,21);/q;+1/p-1. The van der Waals surface area contributed by atoms with Gasteiger partial charge in [0.25, 0.3) is 0 Å². The molecule has 0 spiro atoms. The molecule has 1 aromatic carbocycles. The quantitative estimate of drug-likeness (QED) is 0.580. The number of halogens is 1. The molecule has 2 aromatic rings. The van der Waals surface area contributed by atoms with Crippen molar-refractivity contribution in [3.05, 3.63) is 42.0 Å². The molecule has 7 heteroatoms. The first-order chi connectivity index (χ1) is 10.0. The minimum absolute atomic E-state index is 0. The maximum Gasteiger partial charge on any atom is 1.00 e. The molecule has 1 saturated carbocycles. The van der Waals surface area contributed by atoms with Crippen LogP contribution < -0.4 is 29.6 Å². The molecule has 0 aliphatic heterocycles. The fraction of sp³-hybridized carbons (Fsp3) is 0.467. The molecule has 1 aliphatic carbocycles. The Morgan fingerprint density at radius 2 is 2.14 bits per heavy atom. The summed E-state index contributed by atoms with van der Waals surface area (Å²) in [7, 11) is 0. The monoisotopic (exact) mass is 329 g/mol. The maximum absolute atomic E-state index is 14.2. The number of nitrogens with zero attached hydrogens (tertiary/aromatic N) is 3. The molecule has 2 atom stereocenters. The summed E-state index contributed by atoms with van der Waals surface area (Å²) in [6.07, 6.45) is 3.48. The van der Waals surface area contributed by atoms with Crippen molar-refractivity contribution in [2.24, 2.45) is 11.8 Å². The molecule has 4 nitrogen and oxygen atoms in total. The van der Waals surface area contributed by atoms with Crippen molar-refractivity contribution in [3.63, 3.8) is 0 Å². The third-order valence-corrected chi connectivity index (χ3v) is 4.71. The summed E-state index contributed by atoms with van der Waals surface area (Å²) in [6, 6.07) is 6.36. The molecule has 3 rings (SSSR count). The molecule has 1 N–H and O–H groups in total. The van der Waals surface area contributed by atoms with E-state index in [9.17, 15) is 9.50 Å². The predicted octanol–water partition coefficient (Wildman–Crippen LogP) is -0.739. The first-order valence-corrected chi connectivity index (χ1v) is 7.45. The van der Waals surface area contributed by atoms with Crippen LogP contribution in [0.4, 0.5) is 4.39 Å². The summed E-state index contributed by atoms with van der Waals surface area (Å²) in [5.41, 5.74) is -1.04. The molecule has 1 aromatic heterocycles. The molecule has 22 heavy (non-hydrogen) atoms. The molecule has 112 valence electrons. The molecule has 0 radical (unpaired) electrons. The molecular formula is C15H17FN3NaOS. The normalized spacial score (nSPS) is 18.3. The summed E-state index contributed by atoms with van der Waals surface area (Å²) in [6.45, 7) is 2.08. The smallest absolute Gasteiger partial charge is 0.740 e. The van der Waals surface area contributed by atoms with Gasteiger partial charge in [0, 0.05) is 10.7 Å². The van der Waals surface area contributed by atoms with Crippen LogP contribution in [0.2, 0.25) is 0 Å². The number of benzene rings is 1. The maximum atomic E-state index is 14.2. The molecule has 0 bridgehead atoms. The van der Waals surface area contributed by atoms with Crippen LogP contribution in [0.5, 0.6) is 0 Å². The van der Waals surface area contributed by atoms with E-state index in [0.29, 0.717) is 16.6 Å². The van der Waals surface area contributed by atoms with E-state index in [1.165, 1.54) is 17.1 Å². The first-order valence-electron chi connectivity index (χ1n) is 7.04. The Hall–Kier alpha value is -0.530. The molecular weight excluding hydrogens is 312 g/mol. The van der Waals surface area contributed by atoms with Gasteiger partial charge in [-0.2, -0.15) is 5.10 Å². The fourth-order valence-corrected chi connectivity index (χ4v) is 3.02. The number of aromatic nitrogens is 3. The Kier molecular flexibility index (Phi) is 5.61. The van der Waals surface area contributed by atoms with Gasteiger partial charge in [-0.25, -0.2) is 9.37 Å². The van der Waals surface area contributed by atoms with Gasteiger partial charge in [0.15, 0.2) is 0 Å². The fourth-order valence-electron chi connectivity index (χ4n) is 2.86.